The molecule has 0 fully saturated rings. The van der Waals surface area contributed by atoms with E-state index in [1.165, 1.54) is 30.4 Å². The number of nitrogens with zero attached hydrogens (tertiary/aromatic N) is 1. The van der Waals surface area contributed by atoms with Gasteiger partial charge in [-0.2, -0.15) is 0 Å². The van der Waals surface area contributed by atoms with Crippen LogP contribution in [0.2, 0.25) is 10.0 Å². The van der Waals surface area contributed by atoms with Gasteiger partial charge in [0.05, 0.1) is 10.0 Å². The van der Waals surface area contributed by atoms with Crippen LogP contribution in [0.3, 0.4) is 0 Å². The molecule has 0 saturated heterocycles. The molecule has 2 aromatic heterocycles. The summed E-state index contributed by atoms with van der Waals surface area (Å²) in [6.45, 7) is 0. The highest BCUT2D eigenvalue weighted by Gasteiger charge is 2.29. The monoisotopic (exact) mass is 623 g/mol. The number of hydrogen-bond acceptors (Lipinski definition) is 5. The summed E-state index contributed by atoms with van der Waals surface area (Å²) >= 11 is 17.4. The third-order valence-electron chi connectivity index (χ3n) is 5.55. The molecule has 0 aliphatic rings. The minimum Gasteiger partial charge on any atom is -0.457 e. The molecule has 5 rings (SSSR count). The summed E-state index contributed by atoms with van der Waals surface area (Å²) in [5, 5.41) is 5.70. The van der Waals surface area contributed by atoms with Gasteiger partial charge in [0.15, 0.2) is 34.0 Å². The van der Waals surface area contributed by atoms with Crippen LogP contribution in [0, 0.1) is 29.1 Å². The molecule has 41 heavy (non-hydrogen) atoms. The number of benzene rings is 3. The number of carbonyl (C=O) groups excluding carboxylic acids is 1. The molecule has 3 aromatic carbocycles. The first-order chi connectivity index (χ1) is 19.5. The van der Waals surface area contributed by atoms with E-state index in [-0.39, 0.29) is 21.9 Å². The number of thiocarbonyl (C=S) groups is 1. The smallest absolute Gasteiger partial charge is 0.250 e. The summed E-state index contributed by atoms with van der Waals surface area (Å²) < 4.78 is 79.8. The van der Waals surface area contributed by atoms with E-state index in [0.29, 0.717) is 27.1 Å². The largest absolute Gasteiger partial charge is 0.457 e. The number of fused-ring (bicyclic) bond motifs is 1. The number of anilines is 1. The van der Waals surface area contributed by atoms with Gasteiger partial charge in [-0.05, 0) is 60.8 Å². The molecule has 0 radical (unpaired) electrons. The molecule has 2 heterocycles. The lowest BCUT2D eigenvalue weighted by Gasteiger charge is -2.07. The lowest BCUT2D eigenvalue weighted by atomic mass is 10.1. The van der Waals surface area contributed by atoms with Crippen molar-refractivity contribution in [3.05, 3.63) is 99.5 Å². The Balaban J connectivity index is 1.26. The van der Waals surface area contributed by atoms with E-state index < -0.39 is 46.4 Å². The summed E-state index contributed by atoms with van der Waals surface area (Å²) in [6, 6.07) is 12.5. The Labute approximate surface area is 242 Å². The van der Waals surface area contributed by atoms with Crippen LogP contribution in [0.1, 0.15) is 5.76 Å². The van der Waals surface area contributed by atoms with Gasteiger partial charge in [-0.3, -0.25) is 10.1 Å². The van der Waals surface area contributed by atoms with E-state index in [0.717, 1.165) is 0 Å². The quantitative estimate of drug-likeness (QED) is 0.0674. The molecule has 0 saturated carbocycles. The molecule has 208 valence electrons. The number of oxazole rings is 1. The molecule has 14 heteroatoms. The van der Waals surface area contributed by atoms with E-state index in [4.69, 9.17) is 44.3 Å². The van der Waals surface area contributed by atoms with Crippen LogP contribution >= 0.6 is 35.4 Å². The molecule has 0 unspecified atom stereocenters. The maximum absolute atomic E-state index is 14.2. The first-order valence-electron chi connectivity index (χ1n) is 11.3. The van der Waals surface area contributed by atoms with E-state index >= 15 is 0 Å². The lowest BCUT2D eigenvalue weighted by Crippen LogP contribution is -2.32. The van der Waals surface area contributed by atoms with Gasteiger partial charge in [-0.1, -0.05) is 29.3 Å². The molecule has 2 N–H and O–H groups in total. The highest BCUT2D eigenvalue weighted by atomic mass is 35.5. The maximum Gasteiger partial charge on any atom is 0.250 e. The number of aromatic nitrogens is 1. The topological polar surface area (TPSA) is 80.3 Å². The van der Waals surface area contributed by atoms with Gasteiger partial charge in [0.25, 0.3) is 0 Å². The zero-order chi connectivity index (χ0) is 29.4. The zero-order valence-electron chi connectivity index (χ0n) is 20.0. The molecule has 0 aliphatic heterocycles. The van der Waals surface area contributed by atoms with Gasteiger partial charge < -0.3 is 14.2 Å². The van der Waals surface area contributed by atoms with Crippen LogP contribution < -0.4 is 10.6 Å². The van der Waals surface area contributed by atoms with Crippen LogP contribution in [0.5, 0.6) is 0 Å². The average Bonchev–Trinajstić information content (AvgIpc) is 3.58. The fraction of sp³-hybridized carbons (Fsp3) is 0. The molecule has 0 aliphatic carbocycles. The Morgan fingerprint density at radius 2 is 1.61 bits per heavy atom. The molecule has 0 atom stereocenters. The third-order valence-corrected chi connectivity index (χ3v) is 6.57. The summed E-state index contributed by atoms with van der Waals surface area (Å²) in [5.41, 5.74) is -0.447. The molecular formula is C27H12Cl2F5N3O3S. The number of nitrogens with one attached hydrogen (secondary N) is 2. The Bertz CT molecular complexity index is 1860. The van der Waals surface area contributed by atoms with Crippen molar-refractivity contribution in [2.24, 2.45) is 0 Å². The van der Waals surface area contributed by atoms with Crippen molar-refractivity contribution in [2.45, 2.75) is 0 Å². The predicted octanol–water partition coefficient (Wildman–Crippen LogP) is 8.28. The van der Waals surface area contributed by atoms with Crippen molar-refractivity contribution in [2.75, 3.05) is 5.32 Å². The van der Waals surface area contributed by atoms with Crippen molar-refractivity contribution in [3.63, 3.8) is 0 Å². The van der Waals surface area contributed by atoms with Crippen LogP contribution in [-0.4, -0.2) is 16.0 Å². The normalized spacial score (nSPS) is 11.4. The SMILES string of the molecule is O=C(C=Cc1ccc(-c2cccc(Cl)c2Cl)o1)NC(=S)Nc1ccc2oc(-c3c(F)c(F)c(F)c(F)c3F)nc2c1. The lowest BCUT2D eigenvalue weighted by molar-refractivity contribution is -0.115. The van der Waals surface area contributed by atoms with Gasteiger partial charge in [-0.25, -0.2) is 26.9 Å². The maximum atomic E-state index is 14.2. The van der Waals surface area contributed by atoms with Crippen LogP contribution in [0.15, 0.2) is 63.4 Å². The Morgan fingerprint density at radius 1 is 0.902 bits per heavy atom. The third kappa shape index (κ3) is 5.67. The van der Waals surface area contributed by atoms with Gasteiger partial charge in [0.2, 0.25) is 17.6 Å². The Kier molecular flexibility index (Phi) is 7.80. The molecule has 1 amide bonds. The molecule has 0 spiro atoms. The van der Waals surface area contributed by atoms with E-state index in [1.54, 1.807) is 30.3 Å². The second kappa shape index (κ2) is 11.3. The summed E-state index contributed by atoms with van der Waals surface area (Å²) in [5.74, 6) is -11.3. The number of halogens is 7. The first-order valence-corrected chi connectivity index (χ1v) is 12.5. The molecular weight excluding hydrogens is 612 g/mol. The average molecular weight is 624 g/mol. The first kappa shape index (κ1) is 28.3. The van der Waals surface area contributed by atoms with E-state index in [2.05, 4.69) is 15.6 Å². The van der Waals surface area contributed by atoms with Crippen LogP contribution in [-0.2, 0) is 4.79 Å². The number of rotatable bonds is 5. The summed E-state index contributed by atoms with van der Waals surface area (Å²) in [7, 11) is 0. The minimum absolute atomic E-state index is 0.00995. The number of furan rings is 1. The minimum atomic E-state index is -2.30. The van der Waals surface area contributed by atoms with Gasteiger partial charge >= 0.3 is 0 Å². The second-order valence-corrected chi connectivity index (χ2v) is 9.42. The number of hydrogen-bond donors (Lipinski definition) is 2. The highest BCUT2D eigenvalue weighted by Crippen LogP contribution is 2.35. The van der Waals surface area contributed by atoms with Crippen molar-refractivity contribution < 1.29 is 35.6 Å². The summed E-state index contributed by atoms with van der Waals surface area (Å²) in [6.07, 6.45) is 2.58. The number of amides is 1. The second-order valence-electron chi connectivity index (χ2n) is 8.23. The fourth-order valence-corrected chi connectivity index (χ4v) is 4.27. The standard InChI is InChI=1S/C27H12Cl2F5N3O3S/c28-14-3-1-2-13(20(14)29)16-8-5-12(39-16)6-9-18(38)37-27(41)35-11-4-7-17-15(10-11)36-26(40-17)19-21(30)23(32)25(34)24(33)22(19)31/h1-10H,(H2,35,37,38,41). The molecule has 0 bridgehead atoms. The van der Waals surface area contributed by atoms with Crippen molar-refractivity contribution in [1.82, 2.24) is 10.3 Å². The predicted molar refractivity (Wildman–Crippen MR) is 147 cm³/mol. The van der Waals surface area contributed by atoms with Crippen molar-refractivity contribution >= 4 is 69.3 Å². The van der Waals surface area contributed by atoms with E-state index in [9.17, 15) is 26.7 Å². The van der Waals surface area contributed by atoms with Gasteiger partial charge in [-0.15, -0.1) is 0 Å². The highest BCUT2D eigenvalue weighted by molar-refractivity contribution is 7.80. The van der Waals surface area contributed by atoms with Crippen molar-refractivity contribution in [1.29, 1.82) is 0 Å². The van der Waals surface area contributed by atoms with E-state index in [1.807, 2.05) is 0 Å². The molecule has 6 nitrogen and oxygen atoms in total. The Morgan fingerprint density at radius 3 is 2.34 bits per heavy atom. The van der Waals surface area contributed by atoms with Crippen molar-refractivity contribution in [3.8, 4) is 22.8 Å². The molecule has 5 aromatic rings. The van der Waals surface area contributed by atoms with Gasteiger partial charge in [0, 0.05) is 17.3 Å². The summed E-state index contributed by atoms with van der Waals surface area (Å²) in [4.78, 5) is 16.1. The fourth-order valence-electron chi connectivity index (χ4n) is 3.66. The van der Waals surface area contributed by atoms with Crippen LogP contribution in [0.4, 0.5) is 27.6 Å². The van der Waals surface area contributed by atoms with Crippen LogP contribution in [0.25, 0.3) is 40.0 Å². The number of carbonyl (C=O) groups is 1. The van der Waals surface area contributed by atoms with Gasteiger partial charge in [0.1, 0.15) is 22.6 Å². The zero-order valence-corrected chi connectivity index (χ0v) is 22.3. The Hall–Kier alpha value is -4.26.